The van der Waals surface area contributed by atoms with Gasteiger partial charge in [-0.1, -0.05) is 0 Å². The van der Waals surface area contributed by atoms with Crippen LogP contribution in [-0.2, 0) is 0 Å². The van der Waals surface area contributed by atoms with Gasteiger partial charge in [-0.15, -0.1) is 0 Å². The summed E-state index contributed by atoms with van der Waals surface area (Å²) in [5.74, 6) is 0.402. The van der Waals surface area contributed by atoms with Gasteiger partial charge in [0.1, 0.15) is 5.75 Å². The Morgan fingerprint density at radius 2 is 2.14 bits per heavy atom. The number of nitrogens with one attached hydrogen (secondary N) is 3. The summed E-state index contributed by atoms with van der Waals surface area (Å²) in [7, 11) is 1.46. The summed E-state index contributed by atoms with van der Waals surface area (Å²) in [5, 5.41) is 2.82. The molecule has 0 aliphatic carbocycles. The molecule has 0 amide bonds. The maximum absolute atomic E-state index is 11.7. The Kier molecular flexibility index (Phi) is 2.75. The first kappa shape index (κ1) is 12.9. The number of methoxy groups -OCH3 is 1. The van der Waals surface area contributed by atoms with E-state index in [1.165, 1.54) is 26.4 Å². The largest absolute Gasteiger partial charge is 0.494 e. The van der Waals surface area contributed by atoms with Crippen molar-refractivity contribution in [2.24, 2.45) is 0 Å². The van der Waals surface area contributed by atoms with Gasteiger partial charge in [0.05, 0.1) is 24.2 Å². The maximum atomic E-state index is 11.7. The van der Waals surface area contributed by atoms with Crippen molar-refractivity contribution in [1.82, 2.24) is 24.7 Å². The smallest absolute Gasteiger partial charge is 0.350 e. The highest BCUT2D eigenvalue weighted by Gasteiger charge is 2.19. The SMILES string of the molecule is COc1cnc(-n2[nH]c(=O)[nH]c2=O)c2[nH]cc(C(C)=O)c12. The van der Waals surface area contributed by atoms with E-state index in [4.69, 9.17) is 4.74 Å². The average molecular weight is 289 g/mol. The van der Waals surface area contributed by atoms with Crippen LogP contribution in [0, 0.1) is 0 Å². The van der Waals surface area contributed by atoms with Gasteiger partial charge in [-0.2, -0.15) is 4.68 Å². The third-order valence-electron chi connectivity index (χ3n) is 3.10. The molecule has 0 radical (unpaired) electrons. The number of carbonyl (C=O) groups excluding carboxylic acids is 1. The molecule has 0 saturated carbocycles. The number of Topliss-reactive ketones (excluding diaryl/α,β-unsaturated/α-hetero) is 1. The van der Waals surface area contributed by atoms with Crippen LogP contribution in [0.25, 0.3) is 16.7 Å². The number of hydrogen-bond donors (Lipinski definition) is 3. The van der Waals surface area contributed by atoms with Crippen molar-refractivity contribution in [2.75, 3.05) is 7.11 Å². The summed E-state index contributed by atoms with van der Waals surface area (Å²) in [5.41, 5.74) is -0.476. The molecule has 3 heterocycles. The first-order valence-corrected chi connectivity index (χ1v) is 5.99. The van der Waals surface area contributed by atoms with Crippen LogP contribution in [0.2, 0.25) is 0 Å². The van der Waals surface area contributed by atoms with Crippen LogP contribution in [-0.4, -0.2) is 37.6 Å². The second kappa shape index (κ2) is 4.47. The molecular formula is C12H11N5O4. The number of nitrogens with zero attached hydrogens (tertiary/aromatic N) is 2. The van der Waals surface area contributed by atoms with Crippen molar-refractivity contribution in [3.8, 4) is 11.6 Å². The Morgan fingerprint density at radius 1 is 1.38 bits per heavy atom. The Hall–Kier alpha value is -3.10. The van der Waals surface area contributed by atoms with Gasteiger partial charge in [0.2, 0.25) is 0 Å². The summed E-state index contributed by atoms with van der Waals surface area (Å²) in [6.45, 7) is 1.42. The summed E-state index contributed by atoms with van der Waals surface area (Å²) in [6, 6.07) is 0. The molecule has 0 spiro atoms. The van der Waals surface area contributed by atoms with Crippen molar-refractivity contribution < 1.29 is 9.53 Å². The molecule has 9 heteroatoms. The number of aromatic amines is 3. The lowest BCUT2D eigenvalue weighted by Gasteiger charge is -2.06. The zero-order valence-electron chi connectivity index (χ0n) is 11.2. The van der Waals surface area contributed by atoms with Gasteiger partial charge in [0.15, 0.2) is 11.6 Å². The highest BCUT2D eigenvalue weighted by molar-refractivity contribution is 6.10. The monoisotopic (exact) mass is 289 g/mol. The van der Waals surface area contributed by atoms with E-state index in [0.717, 1.165) is 4.68 Å². The molecule has 21 heavy (non-hydrogen) atoms. The van der Waals surface area contributed by atoms with Gasteiger partial charge < -0.3 is 9.72 Å². The fraction of sp³-hybridized carbons (Fsp3) is 0.167. The van der Waals surface area contributed by atoms with E-state index in [0.29, 0.717) is 22.2 Å². The van der Waals surface area contributed by atoms with Crippen LogP contribution in [0.4, 0.5) is 0 Å². The predicted octanol–water partition coefficient (Wildman–Crippen LogP) is -0.0586. The number of rotatable bonds is 3. The number of ether oxygens (including phenoxy) is 1. The third kappa shape index (κ3) is 1.86. The summed E-state index contributed by atoms with van der Waals surface area (Å²) in [4.78, 5) is 43.7. The van der Waals surface area contributed by atoms with Crippen LogP contribution in [0.1, 0.15) is 17.3 Å². The molecule has 0 fully saturated rings. The molecule has 0 saturated heterocycles. The quantitative estimate of drug-likeness (QED) is 0.582. The molecule has 0 bridgehead atoms. The lowest BCUT2D eigenvalue weighted by Crippen LogP contribution is -2.17. The zero-order chi connectivity index (χ0) is 15.1. The van der Waals surface area contributed by atoms with Gasteiger partial charge in [0.25, 0.3) is 0 Å². The number of ketones is 1. The first-order valence-electron chi connectivity index (χ1n) is 5.99. The van der Waals surface area contributed by atoms with Crippen LogP contribution < -0.4 is 16.1 Å². The molecule has 3 N–H and O–H groups in total. The van der Waals surface area contributed by atoms with E-state index in [-0.39, 0.29) is 11.6 Å². The van der Waals surface area contributed by atoms with E-state index < -0.39 is 11.4 Å². The van der Waals surface area contributed by atoms with Crippen LogP contribution >= 0.6 is 0 Å². The third-order valence-corrected chi connectivity index (χ3v) is 3.10. The van der Waals surface area contributed by atoms with Gasteiger partial charge in [0, 0.05) is 11.8 Å². The normalized spacial score (nSPS) is 11.0. The molecule has 0 unspecified atom stereocenters. The standard InChI is InChI=1S/C12H11N5O4/c1-5(18)6-3-13-9-8(6)7(21-2)4-14-10(9)17-12(20)15-11(19)16-17/h3-4,13H,1-2H3,(H2,15,16,19,20). The minimum Gasteiger partial charge on any atom is -0.494 e. The van der Waals surface area contributed by atoms with Gasteiger partial charge >= 0.3 is 11.4 Å². The summed E-state index contributed by atoms with van der Waals surface area (Å²) in [6.07, 6.45) is 2.90. The molecule has 0 aromatic carbocycles. The second-order valence-electron chi connectivity index (χ2n) is 4.37. The molecule has 9 nitrogen and oxygen atoms in total. The molecular weight excluding hydrogens is 278 g/mol. The zero-order valence-corrected chi connectivity index (χ0v) is 11.2. The van der Waals surface area contributed by atoms with Crippen molar-refractivity contribution in [3.63, 3.8) is 0 Å². The van der Waals surface area contributed by atoms with E-state index in [2.05, 4.69) is 20.1 Å². The number of pyridine rings is 1. The van der Waals surface area contributed by atoms with E-state index in [9.17, 15) is 14.4 Å². The van der Waals surface area contributed by atoms with E-state index in [1.807, 2.05) is 0 Å². The number of hydrogen-bond acceptors (Lipinski definition) is 5. The number of fused-ring (bicyclic) bond motifs is 1. The first-order chi connectivity index (χ1) is 10.0. The number of H-pyrrole nitrogens is 3. The molecule has 0 atom stereocenters. The molecule has 0 aliphatic heterocycles. The Bertz CT molecular complexity index is 958. The predicted molar refractivity (Wildman–Crippen MR) is 73.2 cm³/mol. The lowest BCUT2D eigenvalue weighted by molar-refractivity contribution is 0.101. The van der Waals surface area contributed by atoms with Crippen LogP contribution in [0.3, 0.4) is 0 Å². The summed E-state index contributed by atoms with van der Waals surface area (Å²) < 4.78 is 6.16. The minimum atomic E-state index is -0.655. The van der Waals surface area contributed by atoms with Crippen molar-refractivity contribution in [3.05, 3.63) is 38.9 Å². The Morgan fingerprint density at radius 3 is 2.71 bits per heavy atom. The highest BCUT2D eigenvalue weighted by atomic mass is 16.5. The van der Waals surface area contributed by atoms with Crippen molar-refractivity contribution in [1.29, 1.82) is 0 Å². The van der Waals surface area contributed by atoms with Crippen molar-refractivity contribution >= 4 is 16.7 Å². The van der Waals surface area contributed by atoms with Gasteiger partial charge in [-0.25, -0.2) is 19.7 Å². The summed E-state index contributed by atoms with van der Waals surface area (Å²) >= 11 is 0. The fourth-order valence-corrected chi connectivity index (χ4v) is 2.19. The topological polar surface area (TPSA) is 126 Å². The van der Waals surface area contributed by atoms with Crippen LogP contribution in [0.5, 0.6) is 5.75 Å². The van der Waals surface area contributed by atoms with Gasteiger partial charge in [-0.05, 0) is 6.92 Å². The van der Waals surface area contributed by atoms with E-state index in [1.54, 1.807) is 0 Å². The second-order valence-corrected chi connectivity index (χ2v) is 4.37. The van der Waals surface area contributed by atoms with Gasteiger partial charge in [-0.3, -0.25) is 9.78 Å². The average Bonchev–Trinajstić information content (AvgIpc) is 3.01. The number of aromatic nitrogens is 5. The maximum Gasteiger partial charge on any atom is 0.350 e. The van der Waals surface area contributed by atoms with Crippen molar-refractivity contribution in [2.45, 2.75) is 6.92 Å². The molecule has 108 valence electrons. The van der Waals surface area contributed by atoms with Crippen LogP contribution in [0.15, 0.2) is 22.0 Å². The highest BCUT2D eigenvalue weighted by Crippen LogP contribution is 2.30. The lowest BCUT2D eigenvalue weighted by atomic mass is 10.1. The molecule has 3 aromatic heterocycles. The molecule has 3 aromatic rings. The fourth-order valence-electron chi connectivity index (χ4n) is 2.19. The Labute approximate surface area is 116 Å². The molecule has 3 rings (SSSR count). The van der Waals surface area contributed by atoms with E-state index >= 15 is 0 Å². The minimum absolute atomic E-state index is 0.161. The Balaban J connectivity index is 2.41. The number of carbonyl (C=O) groups is 1. The molecule has 0 aliphatic rings.